The fourth-order valence-electron chi connectivity index (χ4n) is 2.51. The number of rotatable bonds is 4. The summed E-state index contributed by atoms with van der Waals surface area (Å²) in [6.45, 7) is 3.09. The van der Waals surface area contributed by atoms with Gasteiger partial charge in [0.1, 0.15) is 0 Å². The number of primary amides is 1. The Bertz CT molecular complexity index is 616. The van der Waals surface area contributed by atoms with Crippen molar-refractivity contribution in [2.75, 3.05) is 13.1 Å². The lowest BCUT2D eigenvalue weighted by Gasteiger charge is -2.12. The van der Waals surface area contributed by atoms with Crippen molar-refractivity contribution in [2.45, 2.75) is 19.4 Å². The third-order valence-electron chi connectivity index (χ3n) is 3.50. The van der Waals surface area contributed by atoms with Crippen molar-refractivity contribution in [3.8, 4) is 5.82 Å². The summed E-state index contributed by atoms with van der Waals surface area (Å²) < 4.78 is 1.62. The maximum absolute atomic E-state index is 11.4. The fourth-order valence-corrected chi connectivity index (χ4v) is 2.51. The highest BCUT2D eigenvalue weighted by Crippen LogP contribution is 2.14. The normalized spacial score (nSPS) is 15.6. The molecular formula is C14H17N5O. The molecule has 1 fully saturated rings. The van der Waals surface area contributed by atoms with Gasteiger partial charge in [0, 0.05) is 18.9 Å². The van der Waals surface area contributed by atoms with Gasteiger partial charge in [-0.05, 0) is 44.1 Å². The molecule has 6 nitrogen and oxygen atoms in total. The smallest absolute Gasteiger partial charge is 0.252 e. The van der Waals surface area contributed by atoms with E-state index in [1.54, 1.807) is 23.0 Å². The van der Waals surface area contributed by atoms with Crippen LogP contribution in [0.5, 0.6) is 0 Å². The van der Waals surface area contributed by atoms with Gasteiger partial charge in [0.2, 0.25) is 0 Å². The molecule has 2 aromatic heterocycles. The Morgan fingerprint density at radius 2 is 2.10 bits per heavy atom. The molecule has 2 N–H and O–H groups in total. The van der Waals surface area contributed by atoms with Gasteiger partial charge in [0.25, 0.3) is 5.91 Å². The monoisotopic (exact) mass is 271 g/mol. The molecule has 1 aliphatic heterocycles. The summed E-state index contributed by atoms with van der Waals surface area (Å²) in [5.74, 6) is -0.0163. The molecule has 0 bridgehead atoms. The summed E-state index contributed by atoms with van der Waals surface area (Å²) in [5.41, 5.74) is 6.72. The minimum Gasteiger partial charge on any atom is -0.365 e. The molecule has 6 heteroatoms. The molecule has 0 unspecified atom stereocenters. The topological polar surface area (TPSA) is 77.0 Å². The Hall–Kier alpha value is -2.21. The van der Waals surface area contributed by atoms with E-state index in [2.05, 4.69) is 15.0 Å². The summed E-state index contributed by atoms with van der Waals surface area (Å²) in [6.07, 6.45) is 5.96. The van der Waals surface area contributed by atoms with Crippen molar-refractivity contribution >= 4 is 5.91 Å². The molecule has 0 atom stereocenters. The Labute approximate surface area is 117 Å². The second-order valence-corrected chi connectivity index (χ2v) is 4.97. The SMILES string of the molecule is NC(=O)c1cccnc1-n1ccc(CN2CCCC2)n1. The van der Waals surface area contributed by atoms with E-state index in [1.807, 2.05) is 12.3 Å². The quantitative estimate of drug-likeness (QED) is 0.898. The van der Waals surface area contributed by atoms with Gasteiger partial charge < -0.3 is 5.73 Å². The zero-order valence-electron chi connectivity index (χ0n) is 11.2. The summed E-state index contributed by atoms with van der Waals surface area (Å²) >= 11 is 0. The van der Waals surface area contributed by atoms with Gasteiger partial charge in [-0.3, -0.25) is 9.69 Å². The summed E-state index contributed by atoms with van der Waals surface area (Å²) in [6, 6.07) is 5.31. The van der Waals surface area contributed by atoms with Crippen LogP contribution in [0, 0.1) is 0 Å². The number of carbonyl (C=O) groups is 1. The zero-order valence-corrected chi connectivity index (χ0v) is 11.2. The van der Waals surface area contributed by atoms with Crippen LogP contribution in [0.15, 0.2) is 30.6 Å². The number of amides is 1. The Balaban J connectivity index is 1.84. The lowest BCUT2D eigenvalue weighted by molar-refractivity contribution is 0.1000. The van der Waals surface area contributed by atoms with Crippen LogP contribution < -0.4 is 5.73 Å². The van der Waals surface area contributed by atoms with E-state index < -0.39 is 5.91 Å². The summed E-state index contributed by atoms with van der Waals surface area (Å²) in [4.78, 5) is 18.0. The molecule has 104 valence electrons. The van der Waals surface area contributed by atoms with Gasteiger partial charge in [-0.1, -0.05) is 0 Å². The zero-order chi connectivity index (χ0) is 13.9. The first-order valence-electron chi connectivity index (χ1n) is 6.76. The van der Waals surface area contributed by atoms with Crippen LogP contribution in [0.4, 0.5) is 0 Å². The minimum absolute atomic E-state index is 0.378. The van der Waals surface area contributed by atoms with Gasteiger partial charge in [-0.15, -0.1) is 0 Å². The average Bonchev–Trinajstić information content (AvgIpc) is 3.11. The number of nitrogens with two attached hydrogens (primary N) is 1. The summed E-state index contributed by atoms with van der Waals surface area (Å²) in [5, 5.41) is 4.49. The first-order valence-corrected chi connectivity index (χ1v) is 6.76. The van der Waals surface area contributed by atoms with E-state index in [9.17, 15) is 4.79 Å². The Morgan fingerprint density at radius 1 is 1.30 bits per heavy atom. The number of carbonyl (C=O) groups excluding carboxylic acids is 1. The molecule has 1 aliphatic rings. The molecule has 1 saturated heterocycles. The Morgan fingerprint density at radius 3 is 2.85 bits per heavy atom. The van der Waals surface area contributed by atoms with Gasteiger partial charge in [-0.2, -0.15) is 5.10 Å². The third-order valence-corrected chi connectivity index (χ3v) is 3.50. The van der Waals surface area contributed by atoms with E-state index in [1.165, 1.54) is 12.8 Å². The van der Waals surface area contributed by atoms with Crippen LogP contribution in [-0.2, 0) is 6.54 Å². The predicted molar refractivity (Wildman–Crippen MR) is 74.4 cm³/mol. The standard InChI is InChI=1S/C14H17N5O/c15-13(20)12-4-3-6-16-14(12)19-9-5-11(17-19)10-18-7-1-2-8-18/h3-6,9H,1-2,7-8,10H2,(H2,15,20). The minimum atomic E-state index is -0.496. The maximum Gasteiger partial charge on any atom is 0.252 e. The van der Waals surface area contributed by atoms with Crippen molar-refractivity contribution in [1.82, 2.24) is 19.7 Å². The largest absolute Gasteiger partial charge is 0.365 e. The van der Waals surface area contributed by atoms with Gasteiger partial charge in [0.15, 0.2) is 5.82 Å². The maximum atomic E-state index is 11.4. The number of hydrogen-bond acceptors (Lipinski definition) is 4. The third kappa shape index (κ3) is 2.55. The van der Waals surface area contributed by atoms with E-state index in [0.29, 0.717) is 11.4 Å². The second-order valence-electron chi connectivity index (χ2n) is 4.97. The van der Waals surface area contributed by atoms with Gasteiger partial charge >= 0.3 is 0 Å². The van der Waals surface area contributed by atoms with Crippen LogP contribution in [0.2, 0.25) is 0 Å². The average molecular weight is 271 g/mol. The van der Waals surface area contributed by atoms with Gasteiger partial charge in [-0.25, -0.2) is 9.67 Å². The van der Waals surface area contributed by atoms with Crippen LogP contribution in [0.3, 0.4) is 0 Å². The molecule has 2 aromatic rings. The van der Waals surface area contributed by atoms with Crippen LogP contribution in [0.25, 0.3) is 5.82 Å². The van der Waals surface area contributed by atoms with Crippen molar-refractivity contribution in [1.29, 1.82) is 0 Å². The van der Waals surface area contributed by atoms with Crippen molar-refractivity contribution in [3.05, 3.63) is 41.9 Å². The number of likely N-dealkylation sites (tertiary alicyclic amines) is 1. The van der Waals surface area contributed by atoms with Crippen molar-refractivity contribution < 1.29 is 4.79 Å². The molecular weight excluding hydrogens is 254 g/mol. The fraction of sp³-hybridized carbons (Fsp3) is 0.357. The number of aromatic nitrogens is 3. The highest BCUT2D eigenvalue weighted by atomic mass is 16.1. The first kappa shape index (κ1) is 12.8. The van der Waals surface area contributed by atoms with Crippen LogP contribution >= 0.6 is 0 Å². The van der Waals surface area contributed by atoms with E-state index >= 15 is 0 Å². The van der Waals surface area contributed by atoms with Crippen LogP contribution in [-0.4, -0.2) is 38.7 Å². The second kappa shape index (κ2) is 5.42. The lowest BCUT2D eigenvalue weighted by Crippen LogP contribution is -2.19. The first-order chi connectivity index (χ1) is 9.74. The van der Waals surface area contributed by atoms with Crippen molar-refractivity contribution in [3.63, 3.8) is 0 Å². The number of pyridine rings is 1. The highest BCUT2D eigenvalue weighted by Gasteiger charge is 2.15. The molecule has 1 amide bonds. The molecule has 20 heavy (non-hydrogen) atoms. The molecule has 0 radical (unpaired) electrons. The molecule has 3 rings (SSSR count). The van der Waals surface area contributed by atoms with Crippen molar-refractivity contribution in [2.24, 2.45) is 5.73 Å². The van der Waals surface area contributed by atoms with E-state index in [-0.39, 0.29) is 0 Å². The lowest BCUT2D eigenvalue weighted by atomic mass is 10.2. The number of hydrogen-bond donors (Lipinski definition) is 1. The molecule has 0 saturated carbocycles. The Kier molecular flexibility index (Phi) is 3.47. The molecule has 0 aromatic carbocycles. The molecule has 0 spiro atoms. The van der Waals surface area contributed by atoms with Gasteiger partial charge in [0.05, 0.1) is 11.3 Å². The summed E-state index contributed by atoms with van der Waals surface area (Å²) in [7, 11) is 0. The van der Waals surface area contributed by atoms with E-state index in [4.69, 9.17) is 5.73 Å². The van der Waals surface area contributed by atoms with Crippen LogP contribution in [0.1, 0.15) is 28.9 Å². The number of nitrogens with zero attached hydrogens (tertiary/aromatic N) is 4. The molecule has 3 heterocycles. The molecule has 0 aliphatic carbocycles. The highest BCUT2D eigenvalue weighted by molar-refractivity contribution is 5.95. The van der Waals surface area contributed by atoms with E-state index in [0.717, 1.165) is 25.3 Å². The predicted octanol–water partition coefficient (Wildman–Crippen LogP) is 0.962.